The largest absolute Gasteiger partial charge is 0.459 e. The fraction of sp³-hybridized carbons (Fsp3) is 0.671. The zero-order valence-electron chi connectivity index (χ0n) is 56.0. The molecule has 0 aliphatic carbocycles. The van der Waals surface area contributed by atoms with Gasteiger partial charge in [-0.15, -0.1) is 0 Å². The molecule has 0 spiro atoms. The Kier molecular flexibility index (Phi) is 26.3. The molecule has 3 fully saturated rings. The Bertz CT molecular complexity index is 2770. The molecule has 15 atom stereocenters. The van der Waals surface area contributed by atoms with Crippen molar-refractivity contribution < 1.29 is 85.3 Å². The van der Waals surface area contributed by atoms with Crippen LogP contribution in [0.2, 0.25) is 36.3 Å². The molecule has 0 radical (unpaired) electrons. The second kappa shape index (κ2) is 32.5. The maximum Gasteiger partial charge on any atom is 0.338 e. The first-order valence-electron chi connectivity index (χ1n) is 32.4. The van der Waals surface area contributed by atoms with Crippen molar-refractivity contribution in [2.24, 2.45) is 5.92 Å². The molecule has 90 heavy (non-hydrogen) atoms. The van der Waals surface area contributed by atoms with Gasteiger partial charge in [-0.05, 0) is 130 Å². The van der Waals surface area contributed by atoms with Gasteiger partial charge in [0.2, 0.25) is 0 Å². The average molecular weight is 1290 g/mol. The third-order valence-electron chi connectivity index (χ3n) is 19.7. The summed E-state index contributed by atoms with van der Waals surface area (Å²) in [6.45, 7) is 27.4. The molecule has 5 heterocycles. The zero-order chi connectivity index (χ0) is 65.7. The minimum atomic E-state index is -2.63. The van der Waals surface area contributed by atoms with Crippen molar-refractivity contribution >= 4 is 46.1 Å². The van der Waals surface area contributed by atoms with Gasteiger partial charge in [0.15, 0.2) is 22.4 Å². The number of carbonyl (C=O) groups is 5. The number of aliphatic hydroxyl groups is 1. The molecular weight excluding hydrogens is 1180 g/mol. The summed E-state index contributed by atoms with van der Waals surface area (Å²) in [5.41, 5.74) is 3.33. The molecule has 2 aromatic carbocycles. The number of rotatable bonds is 17. The first kappa shape index (κ1) is 72.9. The van der Waals surface area contributed by atoms with Gasteiger partial charge in [-0.1, -0.05) is 96.2 Å². The zero-order valence-corrected chi connectivity index (χ0v) is 58.0. The Labute approximate surface area is 537 Å². The van der Waals surface area contributed by atoms with Crippen molar-refractivity contribution in [2.75, 3.05) is 41.2 Å². The monoisotopic (exact) mass is 1290 g/mol. The highest BCUT2D eigenvalue weighted by atomic mass is 28.4. The summed E-state index contributed by atoms with van der Waals surface area (Å²) in [7, 11) is -0.547. The third-order valence-corrected chi connectivity index (χ3v) is 28.7. The van der Waals surface area contributed by atoms with Gasteiger partial charge in [-0.3, -0.25) is 9.59 Å². The van der Waals surface area contributed by atoms with Gasteiger partial charge in [0, 0.05) is 65.8 Å². The van der Waals surface area contributed by atoms with E-state index in [-0.39, 0.29) is 98.3 Å². The lowest BCUT2D eigenvalue weighted by atomic mass is 9.83. The standard InChI is InChI=1S/C70H104O18Si2/c1-44-34-51-30-32-57-45(2)35-50(82-57)28-26-48(71)27-29-53(87-89(12,13)69(3,4)5)38-61(88-90(14,15)70(6,7)8)64(74)66-58(78-10)33-31-52(84-66)36-49(72)37-55-59(40-60(83-51)56(44)42-80-63(73)43-77-9)86-62(65(55)79-11)39-54(85-68(76)47-24-20-17-21-25-47)41-81-67(75)46-22-18-16-19-23-46/h16-25,27,29,50-55,57-62,64-66,74H,2,26,28,30-43H2,1,3-15H3/b29-27+/t50-,51?,52+,53?,54-,55?,57?,58-,59-,60?,61?,62+,64+,65+,66-/m0/s1. The van der Waals surface area contributed by atoms with Crippen LogP contribution in [0.1, 0.15) is 153 Å². The van der Waals surface area contributed by atoms with Crippen molar-refractivity contribution in [3.05, 3.63) is 107 Å². The van der Waals surface area contributed by atoms with E-state index in [4.69, 9.17) is 56.2 Å². The van der Waals surface area contributed by atoms with Gasteiger partial charge < -0.3 is 61.3 Å². The smallest absolute Gasteiger partial charge is 0.338 e. The second-order valence-electron chi connectivity index (χ2n) is 28.4. The van der Waals surface area contributed by atoms with Gasteiger partial charge >= 0.3 is 17.9 Å². The van der Waals surface area contributed by atoms with Crippen LogP contribution in [0.3, 0.4) is 0 Å². The van der Waals surface area contributed by atoms with E-state index in [1.165, 1.54) is 7.11 Å². The van der Waals surface area contributed by atoms with Gasteiger partial charge in [0.05, 0.1) is 78.3 Å². The lowest BCUT2D eigenvalue weighted by Gasteiger charge is -2.46. The number of methoxy groups -OCH3 is 3. The molecule has 0 saturated carbocycles. The molecule has 1 N–H and O–H groups in total. The summed E-state index contributed by atoms with van der Waals surface area (Å²) in [6, 6.07) is 17.1. The third kappa shape index (κ3) is 20.0. The molecule has 3 saturated heterocycles. The predicted molar refractivity (Wildman–Crippen MR) is 346 cm³/mol. The van der Waals surface area contributed by atoms with Crippen molar-refractivity contribution in [3.63, 3.8) is 0 Å². The van der Waals surface area contributed by atoms with Crippen LogP contribution in [0, 0.1) is 5.92 Å². The lowest BCUT2D eigenvalue weighted by molar-refractivity contribution is -0.190. The summed E-state index contributed by atoms with van der Waals surface area (Å²) in [6.07, 6.45) is -1.50. The van der Waals surface area contributed by atoms with Gasteiger partial charge in [0.1, 0.15) is 43.9 Å². The van der Waals surface area contributed by atoms with E-state index in [0.29, 0.717) is 56.1 Å². The van der Waals surface area contributed by atoms with E-state index >= 15 is 4.79 Å². The highest BCUT2D eigenvalue weighted by Gasteiger charge is 2.51. The minimum absolute atomic E-state index is 0.0104. The second-order valence-corrected chi connectivity index (χ2v) is 37.9. The fourth-order valence-corrected chi connectivity index (χ4v) is 15.1. The maximum absolute atomic E-state index is 15.1. The first-order valence-corrected chi connectivity index (χ1v) is 38.2. The minimum Gasteiger partial charge on any atom is -0.459 e. The Balaban J connectivity index is 1.26. The van der Waals surface area contributed by atoms with Crippen molar-refractivity contribution in [1.82, 2.24) is 0 Å². The highest BCUT2D eigenvalue weighted by Crippen LogP contribution is 2.44. The van der Waals surface area contributed by atoms with Crippen LogP contribution in [-0.2, 0) is 70.6 Å². The molecule has 6 bridgehead atoms. The molecule has 500 valence electrons. The molecule has 0 aromatic heterocycles. The normalized spacial score (nSPS) is 30.5. The molecule has 18 nitrogen and oxygen atoms in total. The predicted octanol–water partition coefficient (Wildman–Crippen LogP) is 11.8. The highest BCUT2D eigenvalue weighted by molar-refractivity contribution is 6.74. The molecule has 6 unspecified atom stereocenters. The van der Waals surface area contributed by atoms with Gasteiger partial charge in [-0.2, -0.15) is 0 Å². The van der Waals surface area contributed by atoms with E-state index in [9.17, 15) is 24.3 Å². The van der Waals surface area contributed by atoms with E-state index in [2.05, 4.69) is 74.3 Å². The Hall–Kier alpha value is -4.56. The Morgan fingerprint density at radius 1 is 0.689 bits per heavy atom. The number of ether oxygens (including phenoxy) is 10. The van der Waals surface area contributed by atoms with Crippen molar-refractivity contribution in [2.45, 2.75) is 254 Å². The van der Waals surface area contributed by atoms with Crippen molar-refractivity contribution in [3.8, 4) is 0 Å². The average Bonchev–Trinajstić information content (AvgIpc) is 1.44. The van der Waals surface area contributed by atoms with Crippen molar-refractivity contribution in [1.29, 1.82) is 0 Å². The van der Waals surface area contributed by atoms with E-state index in [0.717, 1.165) is 16.7 Å². The van der Waals surface area contributed by atoms with Crippen LogP contribution >= 0.6 is 0 Å². The number of esters is 3. The van der Waals surface area contributed by atoms with E-state index in [1.54, 1.807) is 81.0 Å². The van der Waals surface area contributed by atoms with Gasteiger partial charge in [-0.25, -0.2) is 14.4 Å². The molecule has 0 amide bonds. The number of ketones is 2. The Morgan fingerprint density at radius 3 is 1.93 bits per heavy atom. The van der Waals surface area contributed by atoms with Crippen LogP contribution in [0.25, 0.3) is 0 Å². The molecule has 2 aromatic rings. The summed E-state index contributed by atoms with van der Waals surface area (Å²) in [5, 5.41) is 12.5. The van der Waals surface area contributed by atoms with E-state index in [1.807, 2.05) is 13.0 Å². The quantitative estimate of drug-likeness (QED) is 0.0674. The number of hydrogen-bond donors (Lipinski definition) is 1. The van der Waals surface area contributed by atoms with E-state index < -0.39 is 108 Å². The molecule has 7 rings (SSSR count). The first-order chi connectivity index (χ1) is 42.5. The molecule has 5 aliphatic heterocycles. The molecule has 5 aliphatic rings. The SMILES string of the molecule is C=C1C[C@@H]2CCC(=O)/C=C/C(O[Si](C)(C)C(C)(C)C)CC(O[Si](C)(C)C(C)(C)C)[C@@H](O)[C@H]3O[C@H](CC[C@@H]3OC)CC(=O)CC3[C@H](CC4OC(CCC1O2)CC(C)=C4COC(=O)COC)O[C@H](C[C@@H](COC(=O)c1ccccc1)OC(=O)c1ccccc1)[C@@H]3OC. The van der Waals surface area contributed by atoms with Crippen LogP contribution in [0.5, 0.6) is 0 Å². The number of hydrogen-bond acceptors (Lipinski definition) is 18. The molecular formula is C70H104O18Si2. The topological polar surface area (TPSA) is 216 Å². The Morgan fingerprint density at radius 2 is 1.30 bits per heavy atom. The summed E-state index contributed by atoms with van der Waals surface area (Å²) in [5.74, 6) is -2.58. The van der Waals surface area contributed by atoms with Gasteiger partial charge in [0.25, 0.3) is 0 Å². The van der Waals surface area contributed by atoms with Crippen LogP contribution in [-0.4, -0.2) is 178 Å². The number of Topliss-reactive ketones (excluding diaryl/α,β-unsaturated/α-hetero) is 1. The van der Waals surface area contributed by atoms with Crippen LogP contribution < -0.4 is 0 Å². The number of allylic oxidation sites excluding steroid dienone is 1. The number of aliphatic hydroxyl groups excluding tert-OH is 1. The van der Waals surface area contributed by atoms with Crippen LogP contribution in [0.4, 0.5) is 0 Å². The summed E-state index contributed by atoms with van der Waals surface area (Å²) < 4.78 is 77.6. The fourth-order valence-electron chi connectivity index (χ4n) is 12.5. The summed E-state index contributed by atoms with van der Waals surface area (Å²) in [4.78, 5) is 69.3. The number of fused-ring (bicyclic) bond motifs is 7. The number of benzene rings is 2. The lowest BCUT2D eigenvalue weighted by Crippen LogP contribution is -2.56. The summed E-state index contributed by atoms with van der Waals surface area (Å²) >= 11 is 0. The molecule has 20 heteroatoms. The van der Waals surface area contributed by atoms with Crippen LogP contribution in [0.15, 0.2) is 96.1 Å². The number of carbonyl (C=O) groups excluding carboxylic acids is 5. The maximum atomic E-state index is 15.1.